The number of hydrogen-bond acceptors (Lipinski definition) is 8. The molecule has 9 nitrogen and oxygen atoms in total. The molecule has 4 rings (SSSR count). The highest BCUT2D eigenvalue weighted by atomic mass is 32.1. The Morgan fingerprint density at radius 2 is 1.97 bits per heavy atom. The Hall–Kier alpha value is -3.57. The number of ether oxygens (including phenoxy) is 2. The minimum absolute atomic E-state index is 0.0165. The van der Waals surface area contributed by atoms with Crippen molar-refractivity contribution in [3.8, 4) is 22.8 Å². The number of nitrogens with zero attached hydrogens (tertiary/aromatic N) is 2. The summed E-state index contributed by atoms with van der Waals surface area (Å²) in [5.74, 6) is 0.698. The van der Waals surface area contributed by atoms with E-state index >= 15 is 0 Å². The molecule has 0 spiro atoms. The second kappa shape index (κ2) is 8.43. The number of carbonyl (C=O) groups is 1. The molecule has 3 aromatic rings. The number of rotatable bonds is 4. The summed E-state index contributed by atoms with van der Waals surface area (Å²) in [4.78, 5) is 27.3. The number of non-ortho nitro benzene ring substituents is 1. The van der Waals surface area contributed by atoms with Crippen molar-refractivity contribution in [3.63, 3.8) is 0 Å². The van der Waals surface area contributed by atoms with Crippen LogP contribution in [-0.4, -0.2) is 34.1 Å². The molecule has 2 aromatic carbocycles. The van der Waals surface area contributed by atoms with Crippen LogP contribution in [0, 0.1) is 10.1 Å². The van der Waals surface area contributed by atoms with Crippen molar-refractivity contribution in [3.05, 3.63) is 63.5 Å². The molecule has 1 aliphatic rings. The molecule has 1 aliphatic heterocycles. The van der Waals surface area contributed by atoms with Gasteiger partial charge in [-0.1, -0.05) is 12.1 Å². The van der Waals surface area contributed by atoms with Gasteiger partial charge in [-0.2, -0.15) is 0 Å². The summed E-state index contributed by atoms with van der Waals surface area (Å²) in [5.41, 5.74) is 1.53. The van der Waals surface area contributed by atoms with E-state index in [9.17, 15) is 14.9 Å². The molecule has 0 saturated carbocycles. The molecular weight excluding hydrogens is 428 g/mol. The number of fused-ring (bicyclic) bond motifs is 1. The van der Waals surface area contributed by atoms with Crippen molar-refractivity contribution >= 4 is 45.4 Å². The van der Waals surface area contributed by atoms with Crippen LogP contribution < -0.4 is 20.1 Å². The Bertz CT molecular complexity index is 1150. The predicted octanol–water partition coefficient (Wildman–Crippen LogP) is 3.62. The summed E-state index contributed by atoms with van der Waals surface area (Å²) < 4.78 is 10.9. The first-order chi connectivity index (χ1) is 14.5. The van der Waals surface area contributed by atoms with Crippen molar-refractivity contribution in [1.29, 1.82) is 0 Å². The van der Waals surface area contributed by atoms with Gasteiger partial charge in [-0.05, 0) is 30.4 Å². The fourth-order valence-electron chi connectivity index (χ4n) is 2.73. The van der Waals surface area contributed by atoms with Gasteiger partial charge in [-0.3, -0.25) is 20.2 Å². The van der Waals surface area contributed by atoms with Gasteiger partial charge in [-0.25, -0.2) is 4.98 Å². The molecule has 152 valence electrons. The number of benzene rings is 2. The lowest BCUT2D eigenvalue weighted by atomic mass is 10.1. The van der Waals surface area contributed by atoms with Crippen LogP contribution in [0.25, 0.3) is 11.3 Å². The number of nitrogens with one attached hydrogen (secondary N) is 2. The van der Waals surface area contributed by atoms with Gasteiger partial charge < -0.3 is 14.8 Å². The molecule has 30 heavy (non-hydrogen) atoms. The number of thiocarbonyl (C=S) groups is 1. The van der Waals surface area contributed by atoms with Gasteiger partial charge in [0.15, 0.2) is 21.7 Å². The summed E-state index contributed by atoms with van der Waals surface area (Å²) in [7, 11) is 0. The first-order valence-electron chi connectivity index (χ1n) is 8.72. The highest BCUT2D eigenvalue weighted by Crippen LogP contribution is 2.31. The van der Waals surface area contributed by atoms with E-state index in [1.165, 1.54) is 23.5 Å². The number of hydrogen-bond donors (Lipinski definition) is 2. The summed E-state index contributed by atoms with van der Waals surface area (Å²) in [6, 6.07) is 11.1. The lowest BCUT2D eigenvalue weighted by molar-refractivity contribution is -0.384. The van der Waals surface area contributed by atoms with Crippen molar-refractivity contribution in [2.75, 3.05) is 18.5 Å². The van der Waals surface area contributed by atoms with E-state index in [2.05, 4.69) is 15.6 Å². The SMILES string of the molecule is O=C(NC(=S)Nc1nc(-c2cccc([N+](=O)[O-])c2)cs1)c1ccc2c(c1)OCCO2. The van der Waals surface area contributed by atoms with Crippen LogP contribution in [-0.2, 0) is 0 Å². The molecule has 0 fully saturated rings. The lowest BCUT2D eigenvalue weighted by Gasteiger charge is -2.18. The zero-order valence-corrected chi connectivity index (χ0v) is 16.9. The summed E-state index contributed by atoms with van der Waals surface area (Å²) >= 11 is 6.45. The highest BCUT2D eigenvalue weighted by Gasteiger charge is 2.16. The second-order valence-corrected chi connectivity index (χ2v) is 7.38. The number of nitro benzene ring substituents is 1. The standard InChI is InChI=1S/C19H14N4O5S2/c24-17(12-4-5-15-16(9-12)28-7-6-27-15)21-18(29)22-19-20-14(10-30-19)11-2-1-3-13(8-11)23(25)26/h1-5,8-10H,6-7H2,(H2,20,21,22,24,29). The number of nitro groups is 1. The van der Waals surface area contributed by atoms with Gasteiger partial charge in [-0.15, -0.1) is 11.3 Å². The Morgan fingerprint density at radius 3 is 2.77 bits per heavy atom. The predicted molar refractivity (Wildman–Crippen MR) is 115 cm³/mol. The highest BCUT2D eigenvalue weighted by molar-refractivity contribution is 7.80. The molecule has 0 radical (unpaired) electrons. The second-order valence-electron chi connectivity index (χ2n) is 6.11. The van der Waals surface area contributed by atoms with Gasteiger partial charge in [0.2, 0.25) is 0 Å². The van der Waals surface area contributed by atoms with Gasteiger partial charge in [0.1, 0.15) is 13.2 Å². The van der Waals surface area contributed by atoms with Crippen LogP contribution in [0.4, 0.5) is 10.8 Å². The minimum atomic E-state index is -0.461. The number of amides is 1. The molecular formula is C19H14N4O5S2. The van der Waals surface area contributed by atoms with E-state index in [0.29, 0.717) is 46.7 Å². The average Bonchev–Trinajstić information content (AvgIpc) is 3.21. The summed E-state index contributed by atoms with van der Waals surface area (Å²) in [6.07, 6.45) is 0. The van der Waals surface area contributed by atoms with E-state index in [0.717, 1.165) is 0 Å². The monoisotopic (exact) mass is 442 g/mol. The molecule has 0 unspecified atom stereocenters. The van der Waals surface area contributed by atoms with Crippen molar-refractivity contribution in [2.24, 2.45) is 0 Å². The quantitative estimate of drug-likeness (QED) is 0.358. The third-order valence-electron chi connectivity index (χ3n) is 4.11. The first-order valence-corrected chi connectivity index (χ1v) is 10.0. The molecule has 0 bridgehead atoms. The third-order valence-corrected chi connectivity index (χ3v) is 5.07. The van der Waals surface area contributed by atoms with E-state index in [4.69, 9.17) is 21.7 Å². The first kappa shape index (κ1) is 19.7. The minimum Gasteiger partial charge on any atom is -0.486 e. The molecule has 0 saturated heterocycles. The van der Waals surface area contributed by atoms with E-state index in [1.54, 1.807) is 35.7 Å². The van der Waals surface area contributed by atoms with Crippen molar-refractivity contribution in [2.45, 2.75) is 0 Å². The zero-order chi connectivity index (χ0) is 21.1. The molecule has 1 amide bonds. The molecule has 0 aliphatic carbocycles. The maximum absolute atomic E-state index is 12.4. The Kier molecular flexibility index (Phi) is 5.55. The smallest absolute Gasteiger partial charge is 0.270 e. The van der Waals surface area contributed by atoms with Crippen LogP contribution >= 0.6 is 23.6 Å². The molecule has 1 aromatic heterocycles. The van der Waals surface area contributed by atoms with Crippen molar-refractivity contribution < 1.29 is 19.2 Å². The molecule has 2 heterocycles. The zero-order valence-electron chi connectivity index (χ0n) is 15.3. The summed E-state index contributed by atoms with van der Waals surface area (Å²) in [6.45, 7) is 0.896. The maximum atomic E-state index is 12.4. The topological polar surface area (TPSA) is 116 Å². The summed E-state index contributed by atoms with van der Waals surface area (Å²) in [5, 5.41) is 18.6. The van der Waals surface area contributed by atoms with Crippen LogP contribution in [0.15, 0.2) is 47.8 Å². The normalized spacial score (nSPS) is 12.1. The third kappa shape index (κ3) is 4.36. The van der Waals surface area contributed by atoms with E-state index in [-0.39, 0.29) is 10.8 Å². The molecule has 11 heteroatoms. The molecule has 2 N–H and O–H groups in total. The van der Waals surface area contributed by atoms with Gasteiger partial charge in [0.25, 0.3) is 11.6 Å². The number of carbonyl (C=O) groups excluding carboxylic acids is 1. The van der Waals surface area contributed by atoms with Crippen LogP contribution in [0.3, 0.4) is 0 Å². The van der Waals surface area contributed by atoms with Gasteiger partial charge in [0.05, 0.1) is 10.6 Å². The van der Waals surface area contributed by atoms with Crippen LogP contribution in [0.5, 0.6) is 11.5 Å². The van der Waals surface area contributed by atoms with E-state index in [1.807, 2.05) is 0 Å². The Labute approximate surface area is 179 Å². The molecule has 0 atom stereocenters. The number of anilines is 1. The van der Waals surface area contributed by atoms with Crippen molar-refractivity contribution in [1.82, 2.24) is 10.3 Å². The van der Waals surface area contributed by atoms with E-state index < -0.39 is 10.8 Å². The number of thiazole rings is 1. The fraction of sp³-hybridized carbons (Fsp3) is 0.105. The Morgan fingerprint density at radius 1 is 1.17 bits per heavy atom. The van der Waals surface area contributed by atoms with Gasteiger partial charge >= 0.3 is 0 Å². The lowest BCUT2D eigenvalue weighted by Crippen LogP contribution is -2.34. The largest absolute Gasteiger partial charge is 0.486 e. The Balaban J connectivity index is 1.40. The van der Waals surface area contributed by atoms with Gasteiger partial charge in [0, 0.05) is 28.6 Å². The van der Waals surface area contributed by atoms with Crippen LogP contribution in [0.2, 0.25) is 0 Å². The fourth-order valence-corrected chi connectivity index (χ4v) is 3.71. The number of aromatic nitrogens is 1. The average molecular weight is 442 g/mol. The van der Waals surface area contributed by atoms with Crippen LogP contribution in [0.1, 0.15) is 10.4 Å². The maximum Gasteiger partial charge on any atom is 0.270 e.